The van der Waals surface area contributed by atoms with Crippen LogP contribution in [0.2, 0.25) is 0 Å². The Morgan fingerprint density at radius 3 is 2.10 bits per heavy atom. The summed E-state index contributed by atoms with van der Waals surface area (Å²) in [7, 11) is 1.65. The molecule has 4 heteroatoms. The molecule has 148 valence electrons. The first kappa shape index (κ1) is 18.4. The average Bonchev–Trinajstić information content (AvgIpc) is 3.23. The quantitative estimate of drug-likeness (QED) is 0.418. The predicted octanol–water partition coefficient (Wildman–Crippen LogP) is 5.70. The first-order chi connectivity index (χ1) is 14.7. The van der Waals surface area contributed by atoms with Crippen molar-refractivity contribution in [2.45, 2.75) is 19.4 Å². The number of hydrogen-bond acceptors (Lipinski definition) is 3. The summed E-state index contributed by atoms with van der Waals surface area (Å²) < 4.78 is 5.27. The van der Waals surface area contributed by atoms with E-state index in [2.05, 4.69) is 54.6 Å². The van der Waals surface area contributed by atoms with E-state index in [0.717, 1.165) is 22.6 Å². The summed E-state index contributed by atoms with van der Waals surface area (Å²) >= 11 is 0. The van der Waals surface area contributed by atoms with Gasteiger partial charge in [0.15, 0.2) is 0 Å². The number of hydrogen-bond donors (Lipinski definition) is 0. The fraction of sp³-hybridized carbons (Fsp3) is 0.154. The van der Waals surface area contributed by atoms with Crippen molar-refractivity contribution in [3.05, 3.63) is 90.0 Å². The van der Waals surface area contributed by atoms with Gasteiger partial charge < -0.3 is 4.74 Å². The second-order valence-electron chi connectivity index (χ2n) is 7.59. The van der Waals surface area contributed by atoms with Gasteiger partial charge in [0.25, 0.3) is 0 Å². The minimum Gasteiger partial charge on any atom is -0.497 e. The molecule has 4 nitrogen and oxygen atoms in total. The van der Waals surface area contributed by atoms with E-state index in [9.17, 15) is 4.79 Å². The van der Waals surface area contributed by atoms with E-state index < -0.39 is 0 Å². The summed E-state index contributed by atoms with van der Waals surface area (Å²) in [6.45, 7) is 1.58. The summed E-state index contributed by atoms with van der Waals surface area (Å²) in [5.74, 6) is 0.748. The molecule has 0 fully saturated rings. The molecule has 0 saturated carbocycles. The maximum Gasteiger partial charge on any atom is 0.240 e. The lowest BCUT2D eigenvalue weighted by Gasteiger charge is -2.24. The number of methoxy groups -OCH3 is 1. The van der Waals surface area contributed by atoms with E-state index in [4.69, 9.17) is 9.84 Å². The molecule has 1 aliphatic rings. The second-order valence-corrected chi connectivity index (χ2v) is 7.59. The highest BCUT2D eigenvalue weighted by Gasteiger charge is 2.33. The van der Waals surface area contributed by atoms with Gasteiger partial charge in [0.1, 0.15) is 5.75 Å². The van der Waals surface area contributed by atoms with Crippen molar-refractivity contribution in [3.8, 4) is 5.75 Å². The number of rotatable bonds is 3. The lowest BCUT2D eigenvalue weighted by molar-refractivity contribution is -0.130. The number of ether oxygens (including phenoxy) is 1. The maximum absolute atomic E-state index is 12.6. The molecular formula is C26H22N2O2. The van der Waals surface area contributed by atoms with Crippen LogP contribution in [0.25, 0.3) is 21.5 Å². The van der Waals surface area contributed by atoms with Crippen LogP contribution in [0, 0.1) is 0 Å². The summed E-state index contributed by atoms with van der Waals surface area (Å²) in [4.78, 5) is 12.6. The molecule has 0 aromatic heterocycles. The summed E-state index contributed by atoms with van der Waals surface area (Å²) in [6.07, 6.45) is 0.671. The Balaban J connectivity index is 1.67. The van der Waals surface area contributed by atoms with Gasteiger partial charge in [-0.25, -0.2) is 5.01 Å². The molecule has 30 heavy (non-hydrogen) atoms. The molecule has 4 aromatic carbocycles. The Hall–Kier alpha value is -3.66. The van der Waals surface area contributed by atoms with E-state index in [1.54, 1.807) is 19.0 Å². The third-order valence-electron chi connectivity index (χ3n) is 5.80. The van der Waals surface area contributed by atoms with E-state index >= 15 is 0 Å². The van der Waals surface area contributed by atoms with E-state index in [1.807, 2.05) is 24.3 Å². The lowest BCUT2D eigenvalue weighted by Crippen LogP contribution is -2.24. The molecule has 0 saturated heterocycles. The van der Waals surface area contributed by atoms with Crippen LogP contribution < -0.4 is 4.74 Å². The van der Waals surface area contributed by atoms with Crippen LogP contribution in [0.15, 0.2) is 84.0 Å². The van der Waals surface area contributed by atoms with Gasteiger partial charge in [-0.1, -0.05) is 48.5 Å². The number of hydrazone groups is 1. The average molecular weight is 394 g/mol. The van der Waals surface area contributed by atoms with Crippen molar-refractivity contribution in [1.82, 2.24) is 5.01 Å². The highest BCUT2D eigenvalue weighted by molar-refractivity contribution is 6.07. The minimum atomic E-state index is -0.143. The third-order valence-corrected chi connectivity index (χ3v) is 5.80. The number of benzene rings is 4. The first-order valence-electron chi connectivity index (χ1n) is 10.1. The van der Waals surface area contributed by atoms with Crippen LogP contribution in [0.5, 0.6) is 5.75 Å². The number of amides is 1. The molecule has 5 rings (SSSR count). The van der Waals surface area contributed by atoms with Gasteiger partial charge in [-0.3, -0.25) is 4.79 Å². The van der Waals surface area contributed by atoms with Gasteiger partial charge in [0, 0.05) is 13.3 Å². The van der Waals surface area contributed by atoms with E-state index in [-0.39, 0.29) is 11.9 Å². The van der Waals surface area contributed by atoms with Gasteiger partial charge >= 0.3 is 0 Å². The fourth-order valence-corrected chi connectivity index (χ4v) is 4.39. The van der Waals surface area contributed by atoms with Crippen molar-refractivity contribution >= 4 is 33.2 Å². The Labute approximate surface area is 175 Å². The summed E-state index contributed by atoms with van der Waals surface area (Å²) in [5, 5.41) is 11.1. The van der Waals surface area contributed by atoms with Crippen molar-refractivity contribution in [2.24, 2.45) is 5.10 Å². The largest absolute Gasteiger partial charge is 0.497 e. The zero-order valence-electron chi connectivity index (χ0n) is 17.0. The van der Waals surface area contributed by atoms with Gasteiger partial charge in [-0.2, -0.15) is 5.10 Å². The fourth-order valence-electron chi connectivity index (χ4n) is 4.39. The van der Waals surface area contributed by atoms with Crippen molar-refractivity contribution in [3.63, 3.8) is 0 Å². The zero-order valence-corrected chi connectivity index (χ0v) is 17.0. The normalized spacial score (nSPS) is 16.1. The third kappa shape index (κ3) is 3.01. The molecule has 0 N–H and O–H groups in total. The SMILES string of the molecule is COc1ccc(C2=NN(C(C)=O)[C@H](c3c4ccccc4cc4ccccc34)C2)cc1. The van der Waals surface area contributed by atoms with Crippen LogP contribution in [0.3, 0.4) is 0 Å². The molecule has 1 amide bonds. The van der Waals surface area contributed by atoms with Crippen molar-refractivity contribution in [2.75, 3.05) is 7.11 Å². The molecule has 4 aromatic rings. The van der Waals surface area contributed by atoms with Crippen LogP contribution >= 0.6 is 0 Å². The highest BCUT2D eigenvalue weighted by Crippen LogP contribution is 2.40. The Morgan fingerprint density at radius 2 is 1.53 bits per heavy atom. The van der Waals surface area contributed by atoms with Gasteiger partial charge in [0.2, 0.25) is 5.91 Å². The second kappa shape index (κ2) is 7.30. The molecular weight excluding hydrogens is 372 g/mol. The van der Waals surface area contributed by atoms with E-state index in [0.29, 0.717) is 6.42 Å². The maximum atomic E-state index is 12.6. The number of nitrogens with zero attached hydrogens (tertiary/aromatic N) is 2. The number of carbonyl (C=O) groups is 1. The Bertz CT molecular complexity index is 1240. The van der Waals surface area contributed by atoms with Gasteiger partial charge in [0.05, 0.1) is 18.9 Å². The van der Waals surface area contributed by atoms with Gasteiger partial charge in [-0.05, 0) is 63.0 Å². The van der Waals surface area contributed by atoms with E-state index in [1.165, 1.54) is 21.5 Å². The van der Waals surface area contributed by atoms with Crippen LogP contribution in [0.1, 0.15) is 30.5 Å². The number of carbonyl (C=O) groups excluding carboxylic acids is 1. The van der Waals surface area contributed by atoms with Crippen LogP contribution in [0.4, 0.5) is 0 Å². The molecule has 0 unspecified atom stereocenters. The minimum absolute atomic E-state index is 0.0551. The lowest BCUT2D eigenvalue weighted by atomic mass is 9.89. The molecule has 0 spiro atoms. The topological polar surface area (TPSA) is 41.9 Å². The van der Waals surface area contributed by atoms with Gasteiger partial charge in [-0.15, -0.1) is 0 Å². The Morgan fingerprint density at radius 1 is 0.933 bits per heavy atom. The standard InChI is InChI=1S/C26H22N2O2/c1-17(29)28-25(16-24(27-28)18-11-13-21(30-2)14-12-18)26-22-9-5-3-7-19(22)15-20-8-4-6-10-23(20)26/h3-15,25H,16H2,1-2H3/t25-/m0/s1. The predicted molar refractivity (Wildman–Crippen MR) is 121 cm³/mol. The smallest absolute Gasteiger partial charge is 0.240 e. The van der Waals surface area contributed by atoms with Crippen LogP contribution in [-0.4, -0.2) is 23.7 Å². The summed E-state index contributed by atoms with van der Waals surface area (Å²) in [5.41, 5.74) is 3.08. The zero-order chi connectivity index (χ0) is 20.7. The highest BCUT2D eigenvalue weighted by atomic mass is 16.5. The van der Waals surface area contributed by atoms with Crippen LogP contribution in [-0.2, 0) is 4.79 Å². The summed E-state index contributed by atoms with van der Waals surface area (Å²) in [6, 6.07) is 26.7. The first-order valence-corrected chi connectivity index (χ1v) is 10.1. The molecule has 0 aliphatic carbocycles. The van der Waals surface area contributed by atoms with Crippen molar-refractivity contribution in [1.29, 1.82) is 0 Å². The monoisotopic (exact) mass is 394 g/mol. The Kier molecular flexibility index (Phi) is 4.47. The molecule has 0 radical (unpaired) electrons. The molecule has 1 atom stereocenters. The molecule has 1 heterocycles. The number of fused-ring (bicyclic) bond motifs is 2. The van der Waals surface area contributed by atoms with Crippen molar-refractivity contribution < 1.29 is 9.53 Å². The molecule has 0 bridgehead atoms. The molecule has 1 aliphatic heterocycles.